The second-order valence-electron chi connectivity index (χ2n) is 4.45. The van der Waals surface area contributed by atoms with Crippen molar-refractivity contribution in [2.45, 2.75) is 6.42 Å². The van der Waals surface area contributed by atoms with Gasteiger partial charge in [0, 0.05) is 19.3 Å². The molecular weight excluding hydrogens is 303 g/mol. The molecule has 1 fully saturated rings. The SMILES string of the molecule is CON(C)C(=O)C1CCN(c2ccc(Cl)c(Cl)c2)C1=O. The van der Waals surface area contributed by atoms with Crippen molar-refractivity contribution in [2.75, 3.05) is 25.6 Å². The fourth-order valence-electron chi connectivity index (χ4n) is 2.13. The molecule has 1 aromatic carbocycles. The predicted octanol–water partition coefficient (Wildman–Crippen LogP) is 2.37. The van der Waals surface area contributed by atoms with E-state index in [1.165, 1.54) is 19.1 Å². The highest BCUT2D eigenvalue weighted by Crippen LogP contribution is 2.31. The van der Waals surface area contributed by atoms with E-state index in [1.54, 1.807) is 18.2 Å². The fourth-order valence-corrected chi connectivity index (χ4v) is 2.42. The van der Waals surface area contributed by atoms with Crippen molar-refractivity contribution in [2.24, 2.45) is 5.92 Å². The Bertz CT molecular complexity index is 550. The number of anilines is 1. The Hall–Kier alpha value is -1.30. The van der Waals surface area contributed by atoms with E-state index in [0.29, 0.717) is 28.7 Å². The first kappa shape index (κ1) is 15.1. The van der Waals surface area contributed by atoms with Crippen LogP contribution in [0.25, 0.3) is 0 Å². The van der Waals surface area contributed by atoms with Crippen molar-refractivity contribution in [1.29, 1.82) is 0 Å². The average molecular weight is 317 g/mol. The van der Waals surface area contributed by atoms with Crippen LogP contribution in [0.15, 0.2) is 18.2 Å². The number of nitrogens with zero attached hydrogens (tertiary/aromatic N) is 2. The summed E-state index contributed by atoms with van der Waals surface area (Å²) >= 11 is 11.8. The van der Waals surface area contributed by atoms with E-state index < -0.39 is 5.92 Å². The molecule has 1 unspecified atom stereocenters. The molecule has 1 atom stereocenters. The number of amides is 2. The minimum atomic E-state index is -0.714. The van der Waals surface area contributed by atoms with Crippen LogP contribution >= 0.6 is 23.2 Å². The topological polar surface area (TPSA) is 49.9 Å². The molecule has 1 heterocycles. The van der Waals surface area contributed by atoms with Crippen molar-refractivity contribution >= 4 is 40.7 Å². The van der Waals surface area contributed by atoms with Crippen molar-refractivity contribution < 1.29 is 14.4 Å². The van der Waals surface area contributed by atoms with Crippen molar-refractivity contribution in [3.8, 4) is 0 Å². The number of hydrogen-bond donors (Lipinski definition) is 0. The third kappa shape index (κ3) is 2.75. The summed E-state index contributed by atoms with van der Waals surface area (Å²) < 4.78 is 0. The molecule has 2 rings (SSSR count). The molecule has 1 aliphatic rings. The summed E-state index contributed by atoms with van der Waals surface area (Å²) in [5.74, 6) is -1.31. The van der Waals surface area contributed by atoms with Gasteiger partial charge in [-0.1, -0.05) is 23.2 Å². The number of benzene rings is 1. The highest BCUT2D eigenvalue weighted by Gasteiger charge is 2.39. The van der Waals surface area contributed by atoms with E-state index in [4.69, 9.17) is 28.0 Å². The van der Waals surface area contributed by atoms with Crippen molar-refractivity contribution in [3.05, 3.63) is 28.2 Å². The van der Waals surface area contributed by atoms with Crippen LogP contribution in [0.5, 0.6) is 0 Å². The maximum Gasteiger partial charge on any atom is 0.258 e. The minimum absolute atomic E-state index is 0.253. The van der Waals surface area contributed by atoms with Gasteiger partial charge in [0.05, 0.1) is 17.2 Å². The van der Waals surface area contributed by atoms with Gasteiger partial charge in [-0.2, -0.15) is 0 Å². The van der Waals surface area contributed by atoms with Crippen LogP contribution in [-0.4, -0.2) is 37.6 Å². The molecule has 1 saturated heterocycles. The van der Waals surface area contributed by atoms with Crippen LogP contribution in [0.2, 0.25) is 10.0 Å². The van der Waals surface area contributed by atoms with E-state index >= 15 is 0 Å². The smallest absolute Gasteiger partial charge is 0.258 e. The molecule has 20 heavy (non-hydrogen) atoms. The molecule has 0 aliphatic carbocycles. The molecule has 0 spiro atoms. The molecule has 0 saturated carbocycles. The summed E-state index contributed by atoms with van der Waals surface area (Å²) in [6, 6.07) is 4.95. The molecule has 0 N–H and O–H groups in total. The quantitative estimate of drug-likeness (QED) is 0.635. The molecule has 2 amide bonds. The molecule has 1 aliphatic heterocycles. The summed E-state index contributed by atoms with van der Waals surface area (Å²) in [5.41, 5.74) is 0.639. The Kier molecular flexibility index (Phi) is 4.52. The maximum absolute atomic E-state index is 12.3. The zero-order valence-corrected chi connectivity index (χ0v) is 12.6. The predicted molar refractivity (Wildman–Crippen MR) is 76.7 cm³/mol. The third-order valence-corrected chi connectivity index (χ3v) is 4.04. The summed E-state index contributed by atoms with van der Waals surface area (Å²) in [4.78, 5) is 30.7. The lowest BCUT2D eigenvalue weighted by Crippen LogP contribution is -2.37. The standard InChI is InChI=1S/C13H14Cl2N2O3/c1-16(20-2)12(18)9-5-6-17(13(9)19)8-3-4-10(14)11(15)7-8/h3-4,7,9H,5-6H2,1-2H3. The van der Waals surface area contributed by atoms with Crippen molar-refractivity contribution in [3.63, 3.8) is 0 Å². The summed E-state index contributed by atoms with van der Waals surface area (Å²) in [6.07, 6.45) is 0.450. The van der Waals surface area contributed by atoms with Gasteiger partial charge in [0.1, 0.15) is 5.92 Å². The van der Waals surface area contributed by atoms with Gasteiger partial charge >= 0.3 is 0 Å². The summed E-state index contributed by atoms with van der Waals surface area (Å²) in [5, 5.41) is 1.87. The van der Waals surface area contributed by atoms with Gasteiger partial charge in [-0.25, -0.2) is 5.06 Å². The zero-order valence-electron chi connectivity index (χ0n) is 11.1. The number of carbonyl (C=O) groups excluding carboxylic acids is 2. The van der Waals surface area contributed by atoms with Crippen LogP contribution < -0.4 is 4.90 Å². The lowest BCUT2D eigenvalue weighted by Gasteiger charge is -2.19. The Morgan fingerprint density at radius 3 is 2.70 bits per heavy atom. The first-order valence-electron chi connectivity index (χ1n) is 6.03. The van der Waals surface area contributed by atoms with Gasteiger partial charge in [0.25, 0.3) is 5.91 Å². The van der Waals surface area contributed by atoms with Crippen LogP contribution in [-0.2, 0) is 14.4 Å². The summed E-state index contributed by atoms with van der Waals surface area (Å²) in [6.45, 7) is 0.463. The molecule has 7 heteroatoms. The van der Waals surface area contributed by atoms with Gasteiger partial charge < -0.3 is 4.90 Å². The Labute approximate surface area is 126 Å². The lowest BCUT2D eigenvalue weighted by molar-refractivity contribution is -0.173. The van der Waals surface area contributed by atoms with E-state index in [9.17, 15) is 9.59 Å². The number of rotatable bonds is 3. The van der Waals surface area contributed by atoms with Crippen LogP contribution in [0.3, 0.4) is 0 Å². The van der Waals surface area contributed by atoms with Gasteiger partial charge in [-0.15, -0.1) is 0 Å². The first-order valence-corrected chi connectivity index (χ1v) is 6.79. The lowest BCUT2D eigenvalue weighted by atomic mass is 10.1. The zero-order chi connectivity index (χ0) is 14.9. The van der Waals surface area contributed by atoms with E-state index in [1.807, 2.05) is 0 Å². The highest BCUT2D eigenvalue weighted by molar-refractivity contribution is 6.42. The van der Waals surface area contributed by atoms with Crippen LogP contribution in [0, 0.1) is 5.92 Å². The molecule has 1 aromatic rings. The maximum atomic E-state index is 12.3. The summed E-state index contributed by atoms with van der Waals surface area (Å²) in [7, 11) is 2.87. The Balaban J connectivity index is 2.19. The normalized spacial score (nSPS) is 18.5. The van der Waals surface area contributed by atoms with Gasteiger partial charge in [0.2, 0.25) is 5.91 Å². The number of hydroxylamine groups is 2. The molecule has 0 radical (unpaired) electrons. The molecule has 0 bridgehead atoms. The Morgan fingerprint density at radius 1 is 1.40 bits per heavy atom. The number of carbonyl (C=O) groups is 2. The largest absolute Gasteiger partial charge is 0.312 e. The Morgan fingerprint density at radius 2 is 2.10 bits per heavy atom. The van der Waals surface area contributed by atoms with E-state index in [2.05, 4.69) is 0 Å². The van der Waals surface area contributed by atoms with Crippen LogP contribution in [0.1, 0.15) is 6.42 Å². The number of halogens is 2. The monoisotopic (exact) mass is 316 g/mol. The second-order valence-corrected chi connectivity index (χ2v) is 5.26. The van der Waals surface area contributed by atoms with Gasteiger partial charge in [-0.05, 0) is 24.6 Å². The average Bonchev–Trinajstić information content (AvgIpc) is 2.82. The molecule has 108 valence electrons. The second kappa shape index (κ2) is 5.99. The highest BCUT2D eigenvalue weighted by atomic mass is 35.5. The number of hydrogen-bond acceptors (Lipinski definition) is 3. The first-order chi connectivity index (χ1) is 9.45. The molecular formula is C13H14Cl2N2O3. The fraction of sp³-hybridized carbons (Fsp3) is 0.385. The van der Waals surface area contributed by atoms with E-state index in [0.717, 1.165) is 5.06 Å². The van der Waals surface area contributed by atoms with Crippen LogP contribution in [0.4, 0.5) is 5.69 Å². The van der Waals surface area contributed by atoms with Gasteiger partial charge in [-0.3, -0.25) is 14.4 Å². The van der Waals surface area contributed by atoms with Gasteiger partial charge in [0.15, 0.2) is 0 Å². The minimum Gasteiger partial charge on any atom is -0.312 e. The van der Waals surface area contributed by atoms with Crippen molar-refractivity contribution in [1.82, 2.24) is 5.06 Å². The van der Waals surface area contributed by atoms with E-state index in [-0.39, 0.29) is 11.8 Å². The molecule has 0 aromatic heterocycles. The third-order valence-electron chi connectivity index (χ3n) is 3.30. The molecule has 5 nitrogen and oxygen atoms in total.